The number of aryl methyl sites for hydroxylation is 1. The zero-order valence-electron chi connectivity index (χ0n) is 31.3. The third-order valence-corrected chi connectivity index (χ3v) is 11.4. The van der Waals surface area contributed by atoms with Gasteiger partial charge in [0.25, 0.3) is 0 Å². The minimum absolute atomic E-state index is 0.0930. The Morgan fingerprint density at radius 1 is 0.611 bits per heavy atom. The van der Waals surface area contributed by atoms with Crippen LogP contribution in [0.1, 0.15) is 50.3 Å². The maximum Gasteiger partial charge on any atom is 0.119 e. The average molecular weight is 705 g/mol. The number of hydrogen-bond acceptors (Lipinski definition) is 3. The maximum absolute atomic E-state index is 10.1. The Kier molecular flexibility index (Phi) is 8.27. The predicted octanol–water partition coefficient (Wildman–Crippen LogP) is 13.3. The minimum Gasteiger partial charge on any atom is -0.508 e. The van der Waals surface area contributed by atoms with Gasteiger partial charge in [0, 0.05) is 38.9 Å². The Bertz CT molecular complexity index is 2650. The molecule has 1 N–H and O–H groups in total. The van der Waals surface area contributed by atoms with Crippen molar-refractivity contribution in [2.24, 2.45) is 0 Å². The summed E-state index contributed by atoms with van der Waals surface area (Å²) in [6, 6.07) is 54.1. The Morgan fingerprint density at radius 2 is 1.31 bits per heavy atom. The molecule has 1 aliphatic rings. The van der Waals surface area contributed by atoms with Crippen LogP contribution in [-0.2, 0) is 11.8 Å². The standard InChI is InChI=1S/C50H44N2O2/c1-5-6-10-33-15-18-38(19-16-33)52-48-28-17-35(30-44(48)45-31-43-42-13-7-8-14-46(42)50(2,3)47(43)32-49(45)52)34-11-9-12-39(29-34)51(36-20-24-40(53)25-21-36)37-22-26-41(54-4)27-23-37/h7-9,11-32,53H,5-6,10H2,1-4H3. The van der Waals surface area contributed by atoms with Crippen LogP contribution in [0.2, 0.25) is 0 Å². The molecule has 0 fully saturated rings. The smallest absolute Gasteiger partial charge is 0.119 e. The molecule has 0 unspecified atom stereocenters. The molecule has 0 saturated carbocycles. The van der Waals surface area contributed by atoms with Gasteiger partial charge in [0.05, 0.1) is 18.1 Å². The van der Waals surface area contributed by atoms with Gasteiger partial charge in [-0.1, -0.05) is 81.8 Å². The molecule has 54 heavy (non-hydrogen) atoms. The number of anilines is 3. The number of nitrogens with zero attached hydrogens (tertiary/aromatic N) is 2. The second-order valence-corrected chi connectivity index (χ2v) is 15.0. The van der Waals surface area contributed by atoms with Gasteiger partial charge >= 0.3 is 0 Å². The van der Waals surface area contributed by atoms with Gasteiger partial charge in [-0.05, 0) is 149 Å². The number of methoxy groups -OCH3 is 1. The van der Waals surface area contributed by atoms with E-state index in [0.717, 1.165) is 40.4 Å². The van der Waals surface area contributed by atoms with Crippen LogP contribution in [0.5, 0.6) is 11.5 Å². The van der Waals surface area contributed by atoms with Crippen LogP contribution in [0, 0.1) is 0 Å². The van der Waals surface area contributed by atoms with Crippen LogP contribution in [-0.4, -0.2) is 16.8 Å². The first kappa shape index (κ1) is 33.6. The number of aromatic hydroxyl groups is 1. The number of fused-ring (bicyclic) bond motifs is 6. The average Bonchev–Trinajstić information content (AvgIpc) is 3.65. The van der Waals surface area contributed by atoms with E-state index >= 15 is 0 Å². The lowest BCUT2D eigenvalue weighted by molar-refractivity contribution is 0.415. The van der Waals surface area contributed by atoms with E-state index in [0.29, 0.717) is 0 Å². The number of phenolic OH excluding ortho intramolecular Hbond substituents is 1. The zero-order chi connectivity index (χ0) is 37.0. The van der Waals surface area contributed by atoms with E-state index in [-0.39, 0.29) is 11.2 Å². The molecule has 7 aromatic carbocycles. The van der Waals surface area contributed by atoms with Crippen molar-refractivity contribution in [2.75, 3.05) is 12.0 Å². The molecule has 8 aromatic rings. The summed E-state index contributed by atoms with van der Waals surface area (Å²) in [6.45, 7) is 6.97. The summed E-state index contributed by atoms with van der Waals surface area (Å²) >= 11 is 0. The van der Waals surface area contributed by atoms with Crippen molar-refractivity contribution < 1.29 is 9.84 Å². The molecule has 4 heteroatoms. The molecule has 4 nitrogen and oxygen atoms in total. The maximum atomic E-state index is 10.1. The zero-order valence-corrected chi connectivity index (χ0v) is 31.3. The fourth-order valence-electron chi connectivity index (χ4n) is 8.47. The first-order valence-corrected chi connectivity index (χ1v) is 19.0. The Morgan fingerprint density at radius 3 is 2.06 bits per heavy atom. The summed E-state index contributed by atoms with van der Waals surface area (Å²) in [4.78, 5) is 2.21. The lowest BCUT2D eigenvalue weighted by Gasteiger charge is -2.26. The summed E-state index contributed by atoms with van der Waals surface area (Å²) in [6.07, 6.45) is 3.50. The molecule has 0 aliphatic heterocycles. The molecule has 0 spiro atoms. The lowest BCUT2D eigenvalue weighted by atomic mass is 9.82. The van der Waals surface area contributed by atoms with E-state index in [9.17, 15) is 5.11 Å². The van der Waals surface area contributed by atoms with E-state index < -0.39 is 0 Å². The van der Waals surface area contributed by atoms with E-state index in [4.69, 9.17) is 4.74 Å². The SMILES string of the molecule is CCCCc1ccc(-n2c3ccc(-c4cccc(N(c5ccc(O)cc5)c5ccc(OC)cc5)c4)cc3c3cc4c(cc32)C(C)(C)c2ccccc2-4)cc1. The van der Waals surface area contributed by atoms with Gasteiger partial charge in [-0.15, -0.1) is 0 Å². The fraction of sp³-hybridized carbons (Fsp3) is 0.160. The molecule has 1 aromatic heterocycles. The highest BCUT2D eigenvalue weighted by atomic mass is 16.5. The van der Waals surface area contributed by atoms with Crippen LogP contribution in [0.4, 0.5) is 17.1 Å². The quantitative estimate of drug-likeness (QED) is 0.163. The molecular formula is C50H44N2O2. The minimum atomic E-state index is -0.0930. The summed E-state index contributed by atoms with van der Waals surface area (Å²) in [5.41, 5.74) is 15.6. The highest BCUT2D eigenvalue weighted by molar-refractivity contribution is 6.12. The molecule has 0 atom stereocenters. The fourth-order valence-corrected chi connectivity index (χ4v) is 8.47. The van der Waals surface area contributed by atoms with Crippen molar-refractivity contribution >= 4 is 38.9 Å². The monoisotopic (exact) mass is 704 g/mol. The number of aromatic nitrogens is 1. The number of hydrogen-bond donors (Lipinski definition) is 1. The summed E-state index contributed by atoms with van der Waals surface area (Å²) in [7, 11) is 1.68. The molecular weight excluding hydrogens is 661 g/mol. The molecule has 1 aliphatic carbocycles. The van der Waals surface area contributed by atoms with E-state index in [2.05, 4.69) is 145 Å². The second-order valence-electron chi connectivity index (χ2n) is 15.0. The van der Waals surface area contributed by atoms with E-state index in [1.54, 1.807) is 19.2 Å². The van der Waals surface area contributed by atoms with Crippen LogP contribution < -0.4 is 9.64 Å². The Labute approximate surface area is 317 Å². The molecule has 1 heterocycles. The second kappa shape index (κ2) is 13.3. The van der Waals surface area contributed by atoms with Crippen LogP contribution >= 0.6 is 0 Å². The number of rotatable bonds is 9. The van der Waals surface area contributed by atoms with E-state index in [1.807, 2.05) is 24.3 Å². The highest BCUT2D eigenvalue weighted by Gasteiger charge is 2.36. The van der Waals surface area contributed by atoms with Gasteiger partial charge in [-0.3, -0.25) is 0 Å². The highest BCUT2D eigenvalue weighted by Crippen LogP contribution is 2.51. The predicted molar refractivity (Wildman–Crippen MR) is 225 cm³/mol. The number of phenols is 1. The van der Waals surface area contributed by atoms with Crippen LogP contribution in [0.25, 0.3) is 49.7 Å². The largest absolute Gasteiger partial charge is 0.508 e. The van der Waals surface area contributed by atoms with Crippen LogP contribution in [0.15, 0.2) is 152 Å². The molecule has 9 rings (SSSR count). The van der Waals surface area contributed by atoms with Gasteiger partial charge < -0.3 is 19.3 Å². The van der Waals surface area contributed by atoms with Gasteiger partial charge in [0.1, 0.15) is 11.5 Å². The van der Waals surface area contributed by atoms with Crippen molar-refractivity contribution in [2.45, 2.75) is 45.4 Å². The number of unbranched alkanes of at least 4 members (excludes halogenated alkanes) is 1. The summed E-state index contributed by atoms with van der Waals surface area (Å²) in [5, 5.41) is 12.6. The number of ether oxygens (including phenoxy) is 1. The first-order valence-electron chi connectivity index (χ1n) is 19.0. The van der Waals surface area contributed by atoms with Crippen molar-refractivity contribution in [3.8, 4) is 39.4 Å². The van der Waals surface area contributed by atoms with Gasteiger partial charge in [0.15, 0.2) is 0 Å². The van der Waals surface area contributed by atoms with Crippen LogP contribution in [0.3, 0.4) is 0 Å². The molecule has 0 radical (unpaired) electrons. The normalized spacial score (nSPS) is 12.9. The molecule has 0 amide bonds. The number of benzene rings is 7. The van der Waals surface area contributed by atoms with Crippen molar-refractivity contribution in [3.05, 3.63) is 168 Å². The Balaban J connectivity index is 1.22. The molecule has 266 valence electrons. The third-order valence-electron chi connectivity index (χ3n) is 11.4. The van der Waals surface area contributed by atoms with Crippen molar-refractivity contribution in [1.82, 2.24) is 4.57 Å². The summed E-state index contributed by atoms with van der Waals surface area (Å²) < 4.78 is 7.93. The van der Waals surface area contributed by atoms with Crippen molar-refractivity contribution in [3.63, 3.8) is 0 Å². The van der Waals surface area contributed by atoms with Gasteiger partial charge in [0.2, 0.25) is 0 Å². The van der Waals surface area contributed by atoms with Gasteiger partial charge in [-0.2, -0.15) is 0 Å². The first-order chi connectivity index (χ1) is 26.3. The third kappa shape index (κ3) is 5.61. The van der Waals surface area contributed by atoms with E-state index in [1.165, 1.54) is 68.2 Å². The van der Waals surface area contributed by atoms with Crippen molar-refractivity contribution in [1.29, 1.82) is 0 Å². The molecule has 0 saturated heterocycles. The molecule has 0 bridgehead atoms. The Hall–Kier alpha value is -6.26. The topological polar surface area (TPSA) is 37.6 Å². The lowest BCUT2D eigenvalue weighted by Crippen LogP contribution is -2.14. The summed E-state index contributed by atoms with van der Waals surface area (Å²) in [5.74, 6) is 1.04. The van der Waals surface area contributed by atoms with Gasteiger partial charge in [-0.25, -0.2) is 0 Å².